The predicted octanol–water partition coefficient (Wildman–Crippen LogP) is 2.50. The average Bonchev–Trinajstić information content (AvgIpc) is 3.20. The summed E-state index contributed by atoms with van der Waals surface area (Å²) in [6.07, 6.45) is 4.09. The van der Waals surface area contributed by atoms with Crippen LogP contribution in [0.4, 0.5) is 0 Å². The third-order valence-corrected chi connectivity index (χ3v) is 5.54. The molecule has 1 heterocycles. The van der Waals surface area contributed by atoms with Gasteiger partial charge in [-0.2, -0.15) is 0 Å². The number of aliphatic imine (C=N–C) groups is 1. The number of rotatable bonds is 6. The van der Waals surface area contributed by atoms with Crippen LogP contribution in [0.25, 0.3) is 0 Å². The minimum Gasteiger partial charge on any atom is -0.357 e. The van der Waals surface area contributed by atoms with Crippen LogP contribution in [-0.2, 0) is 11.3 Å². The molecule has 1 amide bonds. The summed E-state index contributed by atoms with van der Waals surface area (Å²) < 4.78 is 0. The number of aryl methyl sites for hydroxylation is 1. The van der Waals surface area contributed by atoms with Crippen molar-refractivity contribution in [3.8, 4) is 0 Å². The lowest BCUT2D eigenvalue weighted by molar-refractivity contribution is -0.138. The van der Waals surface area contributed by atoms with Crippen molar-refractivity contribution in [3.63, 3.8) is 0 Å². The number of carbonyl (C=O) groups is 1. The lowest BCUT2D eigenvalue weighted by Gasteiger charge is -2.30. The molecule has 25 heavy (non-hydrogen) atoms. The van der Waals surface area contributed by atoms with Crippen molar-refractivity contribution < 1.29 is 4.79 Å². The molecule has 0 radical (unpaired) electrons. The normalized spacial score (nSPS) is 16.8. The van der Waals surface area contributed by atoms with Gasteiger partial charge in [-0.15, -0.1) is 11.3 Å². The third kappa shape index (κ3) is 4.93. The molecule has 1 saturated carbocycles. The summed E-state index contributed by atoms with van der Waals surface area (Å²) in [6, 6.07) is 0. The Labute approximate surface area is 155 Å². The number of amides is 1. The Hall–Kier alpha value is -1.63. The van der Waals surface area contributed by atoms with Crippen molar-refractivity contribution in [2.24, 2.45) is 10.4 Å². The molecule has 140 valence electrons. The molecule has 1 aliphatic rings. The molecule has 0 saturated heterocycles. The van der Waals surface area contributed by atoms with Crippen LogP contribution in [0.5, 0.6) is 0 Å². The Bertz CT molecular complexity index is 604. The van der Waals surface area contributed by atoms with Crippen LogP contribution in [-0.4, -0.2) is 60.9 Å². The Morgan fingerprint density at radius 3 is 2.56 bits per heavy atom. The van der Waals surface area contributed by atoms with E-state index in [4.69, 9.17) is 4.99 Å². The lowest BCUT2D eigenvalue weighted by Crippen LogP contribution is -2.43. The molecule has 1 N–H and O–H groups in total. The molecule has 1 aromatic heterocycles. The highest BCUT2D eigenvalue weighted by molar-refractivity contribution is 7.09. The van der Waals surface area contributed by atoms with Crippen LogP contribution in [0.1, 0.15) is 43.3 Å². The van der Waals surface area contributed by atoms with Gasteiger partial charge in [-0.25, -0.2) is 4.98 Å². The SMILES string of the molecule is CCNC(=NCC1(C(=O)N(C)C)CCCC1)N(C)Cc1csc(C)n1. The zero-order chi connectivity index (χ0) is 18.4. The zero-order valence-electron chi connectivity index (χ0n) is 16.1. The van der Waals surface area contributed by atoms with Gasteiger partial charge >= 0.3 is 0 Å². The molecule has 0 aromatic carbocycles. The molecule has 0 bridgehead atoms. The molecular weight excluding hydrogens is 334 g/mol. The first kappa shape index (κ1) is 19.7. The monoisotopic (exact) mass is 365 g/mol. The zero-order valence-corrected chi connectivity index (χ0v) is 16.9. The molecule has 0 atom stereocenters. The molecule has 6 nitrogen and oxygen atoms in total. The fraction of sp³-hybridized carbons (Fsp3) is 0.722. The van der Waals surface area contributed by atoms with E-state index in [0.717, 1.165) is 48.9 Å². The number of nitrogens with one attached hydrogen (secondary N) is 1. The number of carbonyl (C=O) groups excluding carboxylic acids is 1. The molecule has 0 unspecified atom stereocenters. The second-order valence-electron chi connectivity index (χ2n) is 7.07. The maximum atomic E-state index is 12.7. The van der Waals surface area contributed by atoms with E-state index in [2.05, 4.69) is 27.5 Å². The standard InChI is InChI=1S/C18H31N5OS/c1-6-19-17(23(5)11-15-12-25-14(2)21-15)20-13-18(9-7-8-10-18)16(24)22(3)4/h12H,6-11,13H2,1-5H3,(H,19,20). The minimum absolute atomic E-state index is 0.211. The van der Waals surface area contributed by atoms with E-state index in [1.54, 1.807) is 16.2 Å². The van der Waals surface area contributed by atoms with E-state index < -0.39 is 0 Å². The summed E-state index contributed by atoms with van der Waals surface area (Å²) >= 11 is 1.66. The van der Waals surface area contributed by atoms with Gasteiger partial charge in [-0.3, -0.25) is 9.79 Å². The van der Waals surface area contributed by atoms with E-state index in [1.165, 1.54) is 0 Å². The van der Waals surface area contributed by atoms with Crippen molar-refractivity contribution in [2.45, 2.75) is 46.1 Å². The number of guanidine groups is 1. The first-order valence-corrected chi connectivity index (χ1v) is 9.88. The summed E-state index contributed by atoms with van der Waals surface area (Å²) in [4.78, 5) is 25.9. The number of thiazole rings is 1. The van der Waals surface area contributed by atoms with Gasteiger partial charge in [0.05, 0.1) is 29.2 Å². The molecule has 2 rings (SSSR count). The van der Waals surface area contributed by atoms with E-state index >= 15 is 0 Å². The Morgan fingerprint density at radius 2 is 2.04 bits per heavy atom. The maximum absolute atomic E-state index is 12.7. The fourth-order valence-corrected chi connectivity index (χ4v) is 4.06. The highest BCUT2D eigenvalue weighted by Gasteiger charge is 2.42. The summed E-state index contributed by atoms with van der Waals surface area (Å²) in [5.41, 5.74) is 0.720. The van der Waals surface area contributed by atoms with Crippen LogP contribution in [0.3, 0.4) is 0 Å². The first-order valence-electron chi connectivity index (χ1n) is 9.00. The Morgan fingerprint density at radius 1 is 1.36 bits per heavy atom. The quantitative estimate of drug-likeness (QED) is 0.621. The second-order valence-corrected chi connectivity index (χ2v) is 8.13. The topological polar surface area (TPSA) is 60.8 Å². The summed E-state index contributed by atoms with van der Waals surface area (Å²) in [5.74, 6) is 1.05. The van der Waals surface area contributed by atoms with E-state index in [1.807, 2.05) is 28.1 Å². The van der Waals surface area contributed by atoms with Gasteiger partial charge in [0.2, 0.25) is 5.91 Å². The number of aromatic nitrogens is 1. The van der Waals surface area contributed by atoms with Crippen molar-refractivity contribution in [1.82, 2.24) is 20.1 Å². The maximum Gasteiger partial charge on any atom is 0.230 e. The van der Waals surface area contributed by atoms with Crippen LogP contribution < -0.4 is 5.32 Å². The fourth-order valence-electron chi connectivity index (χ4n) is 3.46. The van der Waals surface area contributed by atoms with Gasteiger partial charge in [0, 0.05) is 33.1 Å². The largest absolute Gasteiger partial charge is 0.357 e. The van der Waals surface area contributed by atoms with Gasteiger partial charge in [-0.1, -0.05) is 12.8 Å². The molecular formula is C18H31N5OS. The number of hydrogen-bond acceptors (Lipinski definition) is 4. The summed E-state index contributed by atoms with van der Waals surface area (Å²) in [7, 11) is 5.70. The molecule has 0 aliphatic heterocycles. The number of nitrogens with zero attached hydrogens (tertiary/aromatic N) is 4. The van der Waals surface area contributed by atoms with E-state index in [0.29, 0.717) is 13.1 Å². The van der Waals surface area contributed by atoms with Crippen molar-refractivity contribution in [2.75, 3.05) is 34.2 Å². The molecule has 0 spiro atoms. The van der Waals surface area contributed by atoms with Crippen LogP contribution >= 0.6 is 11.3 Å². The van der Waals surface area contributed by atoms with Gasteiger partial charge in [-0.05, 0) is 26.7 Å². The average molecular weight is 366 g/mol. The molecule has 1 fully saturated rings. The predicted molar refractivity (Wildman–Crippen MR) is 104 cm³/mol. The van der Waals surface area contributed by atoms with Gasteiger partial charge in [0.15, 0.2) is 5.96 Å². The van der Waals surface area contributed by atoms with Crippen molar-refractivity contribution in [1.29, 1.82) is 0 Å². The Kier molecular flexibility index (Phi) is 6.81. The van der Waals surface area contributed by atoms with Crippen LogP contribution in [0, 0.1) is 12.3 Å². The molecule has 1 aromatic rings. The third-order valence-electron chi connectivity index (χ3n) is 4.71. The van der Waals surface area contributed by atoms with E-state index in [-0.39, 0.29) is 11.3 Å². The molecule has 1 aliphatic carbocycles. The van der Waals surface area contributed by atoms with Gasteiger partial charge in [0.1, 0.15) is 0 Å². The van der Waals surface area contributed by atoms with Gasteiger partial charge in [0.25, 0.3) is 0 Å². The smallest absolute Gasteiger partial charge is 0.230 e. The van der Waals surface area contributed by atoms with Crippen molar-refractivity contribution in [3.05, 3.63) is 16.1 Å². The van der Waals surface area contributed by atoms with Crippen LogP contribution in [0.2, 0.25) is 0 Å². The number of hydrogen-bond donors (Lipinski definition) is 1. The van der Waals surface area contributed by atoms with Crippen LogP contribution in [0.15, 0.2) is 10.4 Å². The highest BCUT2D eigenvalue weighted by Crippen LogP contribution is 2.39. The molecule has 7 heteroatoms. The lowest BCUT2D eigenvalue weighted by atomic mass is 9.85. The highest BCUT2D eigenvalue weighted by atomic mass is 32.1. The Balaban J connectivity index is 2.12. The minimum atomic E-state index is -0.331. The summed E-state index contributed by atoms with van der Waals surface area (Å²) in [5, 5.41) is 6.51. The second kappa shape index (κ2) is 8.65. The van der Waals surface area contributed by atoms with E-state index in [9.17, 15) is 4.79 Å². The van der Waals surface area contributed by atoms with Crippen molar-refractivity contribution >= 4 is 23.2 Å². The first-order chi connectivity index (χ1) is 11.9. The summed E-state index contributed by atoms with van der Waals surface area (Å²) in [6.45, 7) is 6.14. The van der Waals surface area contributed by atoms with Gasteiger partial charge < -0.3 is 15.1 Å².